The van der Waals surface area contributed by atoms with E-state index in [1.54, 1.807) is 24.4 Å². The number of carbonyl (C=O) groups is 2. The van der Waals surface area contributed by atoms with E-state index in [1.165, 1.54) is 6.20 Å². The molecule has 1 saturated carbocycles. The summed E-state index contributed by atoms with van der Waals surface area (Å²) >= 11 is 0. The van der Waals surface area contributed by atoms with Crippen molar-refractivity contribution in [3.8, 4) is 0 Å². The second-order valence-corrected chi connectivity index (χ2v) is 6.42. The highest BCUT2D eigenvalue weighted by Gasteiger charge is 2.23. The number of hydrogen-bond acceptors (Lipinski definition) is 3. The molecule has 2 N–H and O–H groups in total. The highest BCUT2D eigenvalue weighted by molar-refractivity contribution is 6.08. The standard InChI is InChI=1S/C19H24N4O2/c1-2-11-23-12-9-16(22-18(24)14-6-5-10-20-13-14)17(23)19(25)21-15-7-3-4-8-15/h5-6,9-10,12-13,15H,2-4,7-8,11H2,1H3,(H,21,25)(H,22,24). The molecule has 1 fully saturated rings. The summed E-state index contributed by atoms with van der Waals surface area (Å²) < 4.78 is 1.91. The van der Waals surface area contributed by atoms with Gasteiger partial charge in [0.2, 0.25) is 0 Å². The third-order valence-electron chi connectivity index (χ3n) is 4.51. The summed E-state index contributed by atoms with van der Waals surface area (Å²) in [6, 6.07) is 5.43. The molecule has 0 saturated heterocycles. The van der Waals surface area contributed by atoms with Gasteiger partial charge in [-0.1, -0.05) is 19.8 Å². The Morgan fingerprint density at radius 3 is 2.72 bits per heavy atom. The molecule has 2 aromatic heterocycles. The van der Waals surface area contributed by atoms with Crippen molar-refractivity contribution in [2.45, 2.75) is 51.6 Å². The van der Waals surface area contributed by atoms with Gasteiger partial charge in [0.1, 0.15) is 5.69 Å². The zero-order valence-electron chi connectivity index (χ0n) is 14.5. The van der Waals surface area contributed by atoms with Crippen LogP contribution in [0.15, 0.2) is 36.8 Å². The lowest BCUT2D eigenvalue weighted by Gasteiger charge is -2.15. The van der Waals surface area contributed by atoms with Crippen molar-refractivity contribution in [2.24, 2.45) is 0 Å². The summed E-state index contributed by atoms with van der Waals surface area (Å²) in [6.07, 6.45) is 10.3. The lowest BCUT2D eigenvalue weighted by molar-refractivity contribution is 0.0929. The molecule has 3 rings (SSSR count). The average molecular weight is 340 g/mol. The number of nitrogens with zero attached hydrogens (tertiary/aromatic N) is 2. The van der Waals surface area contributed by atoms with Gasteiger partial charge in [-0.2, -0.15) is 0 Å². The topological polar surface area (TPSA) is 76.0 Å². The molecule has 0 bridgehead atoms. The summed E-state index contributed by atoms with van der Waals surface area (Å²) in [4.78, 5) is 29.2. The van der Waals surface area contributed by atoms with Crippen molar-refractivity contribution in [1.82, 2.24) is 14.9 Å². The van der Waals surface area contributed by atoms with Crippen molar-refractivity contribution >= 4 is 17.5 Å². The second-order valence-electron chi connectivity index (χ2n) is 6.42. The van der Waals surface area contributed by atoms with Gasteiger partial charge in [-0.25, -0.2) is 0 Å². The first-order chi connectivity index (χ1) is 12.2. The Balaban J connectivity index is 1.81. The van der Waals surface area contributed by atoms with Crippen LogP contribution in [-0.4, -0.2) is 27.4 Å². The first-order valence-electron chi connectivity index (χ1n) is 8.90. The summed E-state index contributed by atoms with van der Waals surface area (Å²) in [6.45, 7) is 2.79. The molecule has 6 nitrogen and oxygen atoms in total. The number of pyridine rings is 1. The van der Waals surface area contributed by atoms with Crippen molar-refractivity contribution < 1.29 is 9.59 Å². The molecule has 0 radical (unpaired) electrons. The van der Waals surface area contributed by atoms with E-state index in [-0.39, 0.29) is 17.9 Å². The lowest BCUT2D eigenvalue weighted by atomic mass is 10.2. The molecule has 2 aromatic rings. The largest absolute Gasteiger partial charge is 0.348 e. The maximum Gasteiger partial charge on any atom is 0.270 e. The summed E-state index contributed by atoms with van der Waals surface area (Å²) in [5, 5.41) is 5.96. The fourth-order valence-corrected chi connectivity index (χ4v) is 3.27. The van der Waals surface area contributed by atoms with Gasteiger partial charge in [0, 0.05) is 31.2 Å². The maximum absolute atomic E-state index is 12.8. The summed E-state index contributed by atoms with van der Waals surface area (Å²) in [5.74, 6) is -0.385. The number of carbonyl (C=O) groups excluding carboxylic acids is 2. The number of aryl methyl sites for hydroxylation is 1. The fraction of sp³-hybridized carbons (Fsp3) is 0.421. The fourth-order valence-electron chi connectivity index (χ4n) is 3.27. The first kappa shape index (κ1) is 17.2. The SMILES string of the molecule is CCCn1ccc(NC(=O)c2cccnc2)c1C(=O)NC1CCCC1. The highest BCUT2D eigenvalue weighted by atomic mass is 16.2. The second kappa shape index (κ2) is 7.96. The van der Waals surface area contributed by atoms with Gasteiger partial charge in [0.15, 0.2) is 0 Å². The van der Waals surface area contributed by atoms with E-state index in [0.29, 0.717) is 16.9 Å². The number of aromatic nitrogens is 2. The predicted octanol–water partition coefficient (Wildman–Crippen LogP) is 3.22. The Morgan fingerprint density at radius 1 is 1.24 bits per heavy atom. The Morgan fingerprint density at radius 2 is 2.04 bits per heavy atom. The third-order valence-corrected chi connectivity index (χ3v) is 4.51. The van der Waals surface area contributed by atoms with Crippen LogP contribution in [0.5, 0.6) is 0 Å². The van der Waals surface area contributed by atoms with Crippen LogP contribution in [0.2, 0.25) is 0 Å². The molecule has 1 aliphatic carbocycles. The number of anilines is 1. The van der Waals surface area contributed by atoms with Crippen LogP contribution in [0.3, 0.4) is 0 Å². The quantitative estimate of drug-likeness (QED) is 0.848. The van der Waals surface area contributed by atoms with Gasteiger partial charge in [0.05, 0.1) is 11.3 Å². The van der Waals surface area contributed by atoms with Crippen LogP contribution < -0.4 is 10.6 Å². The van der Waals surface area contributed by atoms with Gasteiger partial charge in [-0.05, 0) is 37.5 Å². The van der Waals surface area contributed by atoms with Crippen molar-refractivity contribution in [1.29, 1.82) is 0 Å². The van der Waals surface area contributed by atoms with Crippen LogP contribution in [0, 0.1) is 0 Å². The number of rotatable bonds is 6. The van der Waals surface area contributed by atoms with Crippen molar-refractivity contribution in [2.75, 3.05) is 5.32 Å². The molecular weight excluding hydrogens is 316 g/mol. The Hall–Kier alpha value is -2.63. The molecule has 2 amide bonds. The molecule has 2 heterocycles. The van der Waals surface area contributed by atoms with Gasteiger partial charge in [-0.3, -0.25) is 14.6 Å². The number of hydrogen-bond donors (Lipinski definition) is 2. The molecule has 1 aliphatic rings. The third kappa shape index (κ3) is 4.07. The average Bonchev–Trinajstić information content (AvgIpc) is 3.26. The predicted molar refractivity (Wildman–Crippen MR) is 96.6 cm³/mol. The minimum Gasteiger partial charge on any atom is -0.348 e. The molecule has 132 valence electrons. The van der Waals surface area contributed by atoms with E-state index >= 15 is 0 Å². The molecule has 6 heteroatoms. The zero-order valence-corrected chi connectivity index (χ0v) is 14.5. The highest BCUT2D eigenvalue weighted by Crippen LogP contribution is 2.22. The molecule has 0 spiro atoms. The van der Waals surface area contributed by atoms with E-state index in [9.17, 15) is 9.59 Å². The summed E-state index contributed by atoms with van der Waals surface area (Å²) in [5.41, 5.74) is 1.52. The zero-order chi connectivity index (χ0) is 17.6. The van der Waals surface area contributed by atoms with Crippen LogP contribution in [0.25, 0.3) is 0 Å². The van der Waals surface area contributed by atoms with E-state index in [4.69, 9.17) is 0 Å². The van der Waals surface area contributed by atoms with Crippen LogP contribution in [0.4, 0.5) is 5.69 Å². The van der Waals surface area contributed by atoms with Gasteiger partial charge in [0.25, 0.3) is 11.8 Å². The van der Waals surface area contributed by atoms with E-state index in [0.717, 1.165) is 38.6 Å². The lowest BCUT2D eigenvalue weighted by Crippen LogP contribution is -2.34. The molecule has 0 aliphatic heterocycles. The normalized spacial score (nSPS) is 14.4. The maximum atomic E-state index is 12.8. The van der Waals surface area contributed by atoms with Gasteiger partial charge < -0.3 is 15.2 Å². The van der Waals surface area contributed by atoms with E-state index in [2.05, 4.69) is 22.5 Å². The Kier molecular flexibility index (Phi) is 5.48. The van der Waals surface area contributed by atoms with Gasteiger partial charge >= 0.3 is 0 Å². The number of nitrogens with one attached hydrogen (secondary N) is 2. The molecule has 25 heavy (non-hydrogen) atoms. The molecule has 0 aromatic carbocycles. The summed E-state index contributed by atoms with van der Waals surface area (Å²) in [7, 11) is 0. The van der Waals surface area contributed by atoms with Crippen LogP contribution in [-0.2, 0) is 6.54 Å². The van der Waals surface area contributed by atoms with Gasteiger partial charge in [-0.15, -0.1) is 0 Å². The Bertz CT molecular complexity index is 733. The van der Waals surface area contributed by atoms with Crippen molar-refractivity contribution in [3.63, 3.8) is 0 Å². The number of amides is 2. The minimum atomic E-state index is -0.266. The molecular formula is C19H24N4O2. The van der Waals surface area contributed by atoms with Crippen molar-refractivity contribution in [3.05, 3.63) is 48.0 Å². The van der Waals surface area contributed by atoms with Crippen LogP contribution >= 0.6 is 0 Å². The first-order valence-corrected chi connectivity index (χ1v) is 8.90. The smallest absolute Gasteiger partial charge is 0.270 e. The van der Waals surface area contributed by atoms with Crippen LogP contribution in [0.1, 0.15) is 59.9 Å². The van der Waals surface area contributed by atoms with E-state index in [1.807, 2.05) is 10.8 Å². The monoisotopic (exact) mass is 340 g/mol. The Labute approximate surface area is 147 Å². The minimum absolute atomic E-state index is 0.119. The molecule has 0 unspecified atom stereocenters. The van der Waals surface area contributed by atoms with E-state index < -0.39 is 0 Å². The molecule has 0 atom stereocenters.